The number of carbonyl (C=O) groups excluding carboxylic acids is 1. The minimum Gasteiger partial charge on any atom is -0.481 e. The molecule has 0 fully saturated rings. The fraction of sp³-hybridized carbons (Fsp3) is 0.500. The first-order valence-corrected chi connectivity index (χ1v) is 6.07. The van der Waals surface area contributed by atoms with E-state index in [1.165, 1.54) is 20.3 Å². The summed E-state index contributed by atoms with van der Waals surface area (Å²) in [5.74, 6) is -0.466. The average Bonchev–Trinajstić information content (AvgIpc) is 2.70. The van der Waals surface area contributed by atoms with Gasteiger partial charge in [-0.05, 0) is 12.5 Å². The van der Waals surface area contributed by atoms with Gasteiger partial charge >= 0.3 is 5.97 Å². The third-order valence-corrected chi connectivity index (χ3v) is 3.39. The van der Waals surface area contributed by atoms with Crippen LogP contribution in [0.15, 0.2) is 6.07 Å². The molecule has 0 radical (unpaired) electrons. The second-order valence-electron chi connectivity index (χ2n) is 4.06. The molecule has 1 aromatic rings. The lowest BCUT2D eigenvalue weighted by Gasteiger charge is -2.25. The maximum atomic E-state index is 12.0. The minimum absolute atomic E-state index is 0.134. The zero-order chi connectivity index (χ0) is 14.2. The normalized spacial score (nSPS) is 25.0. The SMILES string of the molecule is CCC1(C(=O)OC)OC(O)c2c1cc(Cl)nc2OC. The van der Waals surface area contributed by atoms with Crippen LogP contribution in [0, 0.1) is 0 Å². The number of aliphatic hydroxyl groups excluding tert-OH is 1. The van der Waals surface area contributed by atoms with E-state index in [-0.39, 0.29) is 17.5 Å². The van der Waals surface area contributed by atoms with Crippen LogP contribution in [-0.4, -0.2) is 30.3 Å². The maximum absolute atomic E-state index is 12.0. The monoisotopic (exact) mass is 287 g/mol. The number of esters is 1. The molecule has 2 heterocycles. The smallest absolute Gasteiger partial charge is 0.342 e. The molecule has 2 atom stereocenters. The Bertz CT molecular complexity index is 521. The van der Waals surface area contributed by atoms with E-state index in [2.05, 4.69) is 4.98 Å². The lowest BCUT2D eigenvalue weighted by molar-refractivity contribution is -0.202. The number of hydrogen-bond acceptors (Lipinski definition) is 6. The molecular weight excluding hydrogens is 274 g/mol. The number of ether oxygens (including phenoxy) is 3. The van der Waals surface area contributed by atoms with Crippen molar-refractivity contribution in [3.63, 3.8) is 0 Å². The van der Waals surface area contributed by atoms with Crippen molar-refractivity contribution in [2.45, 2.75) is 25.2 Å². The van der Waals surface area contributed by atoms with Crippen molar-refractivity contribution in [1.29, 1.82) is 0 Å². The number of aliphatic hydroxyl groups is 1. The Morgan fingerprint density at radius 2 is 2.32 bits per heavy atom. The number of methoxy groups -OCH3 is 2. The van der Waals surface area contributed by atoms with Crippen LogP contribution < -0.4 is 4.74 Å². The Labute approximate surface area is 115 Å². The van der Waals surface area contributed by atoms with E-state index in [0.717, 1.165) is 0 Å². The van der Waals surface area contributed by atoms with Crippen LogP contribution >= 0.6 is 11.6 Å². The molecule has 2 unspecified atom stereocenters. The van der Waals surface area contributed by atoms with E-state index in [4.69, 9.17) is 25.8 Å². The zero-order valence-corrected chi connectivity index (χ0v) is 11.5. The highest BCUT2D eigenvalue weighted by Crippen LogP contribution is 2.48. The van der Waals surface area contributed by atoms with Crippen molar-refractivity contribution >= 4 is 17.6 Å². The molecule has 2 rings (SSSR count). The molecule has 7 heteroatoms. The van der Waals surface area contributed by atoms with Crippen molar-refractivity contribution in [2.75, 3.05) is 14.2 Å². The van der Waals surface area contributed by atoms with E-state index in [1.54, 1.807) is 6.92 Å². The Morgan fingerprint density at radius 3 is 2.84 bits per heavy atom. The molecule has 0 saturated carbocycles. The van der Waals surface area contributed by atoms with Crippen LogP contribution in [0.3, 0.4) is 0 Å². The van der Waals surface area contributed by atoms with Crippen LogP contribution in [0.2, 0.25) is 5.15 Å². The molecule has 0 spiro atoms. The summed E-state index contributed by atoms with van der Waals surface area (Å²) in [7, 11) is 2.66. The lowest BCUT2D eigenvalue weighted by atomic mass is 9.90. The molecule has 1 aliphatic rings. The van der Waals surface area contributed by atoms with Gasteiger partial charge in [-0.2, -0.15) is 0 Å². The Balaban J connectivity index is 2.69. The highest BCUT2D eigenvalue weighted by atomic mass is 35.5. The minimum atomic E-state index is -1.39. The summed E-state index contributed by atoms with van der Waals surface area (Å²) in [4.78, 5) is 16.0. The average molecular weight is 288 g/mol. The number of fused-ring (bicyclic) bond motifs is 1. The van der Waals surface area contributed by atoms with Crippen molar-refractivity contribution in [3.05, 3.63) is 22.3 Å². The Hall–Kier alpha value is -1.37. The molecule has 0 saturated heterocycles. The fourth-order valence-corrected chi connectivity index (χ4v) is 2.47. The molecule has 0 amide bonds. The molecule has 1 aromatic heterocycles. The third kappa shape index (κ3) is 1.96. The van der Waals surface area contributed by atoms with E-state index < -0.39 is 17.9 Å². The van der Waals surface area contributed by atoms with Crippen molar-refractivity contribution in [3.8, 4) is 5.88 Å². The first kappa shape index (κ1) is 14.0. The predicted octanol–water partition coefficient (Wildman–Crippen LogP) is 1.54. The zero-order valence-electron chi connectivity index (χ0n) is 10.8. The Morgan fingerprint density at radius 1 is 1.63 bits per heavy atom. The molecule has 0 aliphatic carbocycles. The van der Waals surface area contributed by atoms with Crippen LogP contribution in [0.25, 0.3) is 0 Å². The molecule has 104 valence electrons. The lowest BCUT2D eigenvalue weighted by Crippen LogP contribution is -2.36. The molecule has 0 bridgehead atoms. The van der Waals surface area contributed by atoms with Gasteiger partial charge in [0.1, 0.15) is 5.15 Å². The number of carbonyl (C=O) groups is 1. The standard InChI is InChI=1S/C12H14ClNO5/c1-4-12(11(16)18-3)6-5-7(13)14-9(17-2)8(6)10(15)19-12/h5,10,15H,4H2,1-3H3. The van der Waals surface area contributed by atoms with Gasteiger partial charge < -0.3 is 19.3 Å². The van der Waals surface area contributed by atoms with Crippen molar-refractivity contribution in [2.24, 2.45) is 0 Å². The summed E-state index contributed by atoms with van der Waals surface area (Å²) in [5, 5.41) is 10.2. The van der Waals surface area contributed by atoms with Gasteiger partial charge in [0.15, 0.2) is 11.9 Å². The summed E-state index contributed by atoms with van der Waals surface area (Å²) in [6.07, 6.45) is -1.03. The topological polar surface area (TPSA) is 77.9 Å². The van der Waals surface area contributed by atoms with Gasteiger partial charge in [0.05, 0.1) is 19.8 Å². The first-order valence-electron chi connectivity index (χ1n) is 5.69. The van der Waals surface area contributed by atoms with Gasteiger partial charge in [-0.15, -0.1) is 0 Å². The fourth-order valence-electron chi connectivity index (χ4n) is 2.28. The Kier molecular flexibility index (Phi) is 3.66. The molecular formula is C12H14ClNO5. The van der Waals surface area contributed by atoms with E-state index in [0.29, 0.717) is 11.1 Å². The summed E-state index contributed by atoms with van der Waals surface area (Å²) in [6.45, 7) is 1.75. The summed E-state index contributed by atoms with van der Waals surface area (Å²) in [6, 6.07) is 1.48. The van der Waals surface area contributed by atoms with Crippen LogP contribution in [0.4, 0.5) is 0 Å². The number of pyridine rings is 1. The van der Waals surface area contributed by atoms with Gasteiger partial charge in [0.25, 0.3) is 0 Å². The molecule has 6 nitrogen and oxygen atoms in total. The van der Waals surface area contributed by atoms with Gasteiger partial charge in [0.2, 0.25) is 5.88 Å². The largest absolute Gasteiger partial charge is 0.481 e. The second-order valence-corrected chi connectivity index (χ2v) is 4.45. The number of aromatic nitrogens is 1. The summed E-state index contributed by atoms with van der Waals surface area (Å²) in [5.41, 5.74) is -0.658. The van der Waals surface area contributed by atoms with E-state index in [9.17, 15) is 9.90 Å². The highest BCUT2D eigenvalue weighted by molar-refractivity contribution is 6.29. The van der Waals surface area contributed by atoms with Crippen molar-refractivity contribution in [1.82, 2.24) is 4.98 Å². The van der Waals surface area contributed by atoms with Gasteiger partial charge in [-0.25, -0.2) is 9.78 Å². The van der Waals surface area contributed by atoms with Crippen LogP contribution in [0.1, 0.15) is 30.8 Å². The predicted molar refractivity (Wildman–Crippen MR) is 65.8 cm³/mol. The number of hydrogen-bond donors (Lipinski definition) is 1. The molecule has 0 aromatic carbocycles. The molecule has 1 N–H and O–H groups in total. The van der Waals surface area contributed by atoms with Gasteiger partial charge in [-0.3, -0.25) is 0 Å². The van der Waals surface area contributed by atoms with E-state index in [1.807, 2.05) is 0 Å². The van der Waals surface area contributed by atoms with Crippen LogP contribution in [-0.2, 0) is 19.9 Å². The van der Waals surface area contributed by atoms with Crippen LogP contribution in [0.5, 0.6) is 5.88 Å². The summed E-state index contributed by atoms with van der Waals surface area (Å²) >= 11 is 5.91. The van der Waals surface area contributed by atoms with Crippen molar-refractivity contribution < 1.29 is 24.1 Å². The summed E-state index contributed by atoms with van der Waals surface area (Å²) < 4.78 is 15.3. The van der Waals surface area contributed by atoms with E-state index >= 15 is 0 Å². The van der Waals surface area contributed by atoms with Gasteiger partial charge in [-0.1, -0.05) is 18.5 Å². The molecule has 1 aliphatic heterocycles. The highest BCUT2D eigenvalue weighted by Gasteiger charge is 2.52. The maximum Gasteiger partial charge on any atom is 0.342 e. The van der Waals surface area contributed by atoms with Gasteiger partial charge in [0, 0.05) is 5.56 Å². The number of halogens is 1. The number of nitrogens with zero attached hydrogens (tertiary/aromatic N) is 1. The molecule has 19 heavy (non-hydrogen) atoms. The number of rotatable bonds is 3. The second kappa shape index (κ2) is 4.96. The first-order chi connectivity index (χ1) is 9.00. The third-order valence-electron chi connectivity index (χ3n) is 3.19. The quantitative estimate of drug-likeness (QED) is 0.671.